The molecule has 2 N–H and O–H groups in total. The number of nitrogens with one attached hydrogen (secondary N) is 2. The van der Waals surface area contributed by atoms with Gasteiger partial charge in [0.05, 0.1) is 10.6 Å². The summed E-state index contributed by atoms with van der Waals surface area (Å²) in [6, 6.07) is 7.85. The number of fused-ring (bicyclic) bond motifs is 1. The fraction of sp³-hybridized carbons (Fsp3) is 0.333. The van der Waals surface area contributed by atoms with E-state index in [1.807, 2.05) is 0 Å². The van der Waals surface area contributed by atoms with Crippen molar-refractivity contribution in [3.05, 3.63) is 53.3 Å². The number of sulfonamides is 1. The van der Waals surface area contributed by atoms with Crippen LogP contribution in [0.15, 0.2) is 41.3 Å². The molecule has 2 aromatic carbocycles. The summed E-state index contributed by atoms with van der Waals surface area (Å²) >= 11 is 0. The van der Waals surface area contributed by atoms with Crippen molar-refractivity contribution in [1.82, 2.24) is 9.62 Å². The lowest BCUT2D eigenvalue weighted by atomic mass is 10.2. The maximum Gasteiger partial charge on any atom is 0.262 e. The number of anilines is 1. The van der Waals surface area contributed by atoms with Gasteiger partial charge in [-0.2, -0.15) is 4.31 Å². The molecule has 164 valence electrons. The van der Waals surface area contributed by atoms with Crippen molar-refractivity contribution in [1.29, 1.82) is 0 Å². The summed E-state index contributed by atoms with van der Waals surface area (Å²) in [4.78, 5) is 24.3. The molecule has 2 heterocycles. The van der Waals surface area contributed by atoms with Crippen LogP contribution in [-0.2, 0) is 26.2 Å². The molecular formula is C21H22FN3O5S. The van der Waals surface area contributed by atoms with Crippen LogP contribution in [0.4, 0.5) is 10.1 Å². The first-order valence-corrected chi connectivity index (χ1v) is 11.3. The van der Waals surface area contributed by atoms with Crippen LogP contribution in [0, 0.1) is 12.7 Å². The average molecular weight is 447 g/mol. The van der Waals surface area contributed by atoms with Crippen molar-refractivity contribution in [2.75, 3.05) is 18.5 Å². The van der Waals surface area contributed by atoms with Gasteiger partial charge in [-0.25, -0.2) is 12.8 Å². The molecule has 4 rings (SSSR count). The van der Waals surface area contributed by atoms with Gasteiger partial charge in [0.15, 0.2) is 6.61 Å². The standard InChI is InChI=1S/C21H22FN3O5S/c1-13-9-16-18(30-12-20(26)24-16)10-19(13)31(28,29)25-8-2-3-17(25)21(27)23-11-14-4-6-15(22)7-5-14/h4-7,9-10,17H,2-3,8,11-12H2,1H3,(H,23,27)(H,24,26)/t17-/m0/s1. The Morgan fingerprint density at radius 3 is 2.77 bits per heavy atom. The minimum Gasteiger partial charge on any atom is -0.482 e. The molecule has 1 fully saturated rings. The topological polar surface area (TPSA) is 105 Å². The van der Waals surface area contributed by atoms with Crippen LogP contribution in [0.1, 0.15) is 24.0 Å². The van der Waals surface area contributed by atoms with Gasteiger partial charge < -0.3 is 15.4 Å². The number of carbonyl (C=O) groups excluding carboxylic acids is 2. The number of benzene rings is 2. The minimum absolute atomic E-state index is 0.0423. The molecule has 1 atom stereocenters. The highest BCUT2D eigenvalue weighted by Crippen LogP contribution is 2.36. The summed E-state index contributed by atoms with van der Waals surface area (Å²) in [6.45, 7) is 1.85. The fourth-order valence-electron chi connectivity index (χ4n) is 3.82. The van der Waals surface area contributed by atoms with E-state index in [9.17, 15) is 22.4 Å². The number of rotatable bonds is 5. The van der Waals surface area contributed by atoms with Gasteiger partial charge >= 0.3 is 0 Å². The molecule has 0 radical (unpaired) electrons. The predicted molar refractivity (Wildman–Crippen MR) is 110 cm³/mol. The monoisotopic (exact) mass is 447 g/mol. The number of carbonyl (C=O) groups is 2. The maximum absolute atomic E-state index is 13.4. The summed E-state index contributed by atoms with van der Waals surface area (Å²) < 4.78 is 46.4. The first-order chi connectivity index (χ1) is 14.8. The zero-order valence-corrected chi connectivity index (χ0v) is 17.7. The Kier molecular flexibility index (Phi) is 5.67. The summed E-state index contributed by atoms with van der Waals surface area (Å²) in [6.07, 6.45) is 0.968. The summed E-state index contributed by atoms with van der Waals surface area (Å²) in [5.41, 5.74) is 1.58. The van der Waals surface area contributed by atoms with Crippen molar-refractivity contribution < 1.29 is 27.1 Å². The minimum atomic E-state index is -3.97. The number of hydrogen-bond donors (Lipinski definition) is 2. The number of halogens is 1. The third-order valence-corrected chi connectivity index (χ3v) is 7.43. The van der Waals surface area contributed by atoms with E-state index in [1.54, 1.807) is 25.1 Å². The molecule has 2 amide bonds. The van der Waals surface area contributed by atoms with Crippen LogP contribution in [0.5, 0.6) is 5.75 Å². The summed E-state index contributed by atoms with van der Waals surface area (Å²) in [5.74, 6) is -0.795. The smallest absolute Gasteiger partial charge is 0.262 e. The number of hydrogen-bond acceptors (Lipinski definition) is 5. The van der Waals surface area contributed by atoms with E-state index in [-0.39, 0.29) is 42.1 Å². The van der Waals surface area contributed by atoms with Crippen molar-refractivity contribution in [2.45, 2.75) is 37.2 Å². The molecule has 0 saturated carbocycles. The van der Waals surface area contributed by atoms with E-state index in [0.717, 1.165) is 0 Å². The molecule has 31 heavy (non-hydrogen) atoms. The van der Waals surface area contributed by atoms with Crippen molar-refractivity contribution in [3.63, 3.8) is 0 Å². The van der Waals surface area contributed by atoms with Crippen LogP contribution in [0.2, 0.25) is 0 Å². The van der Waals surface area contributed by atoms with Gasteiger partial charge in [-0.3, -0.25) is 9.59 Å². The van der Waals surface area contributed by atoms with Gasteiger partial charge in [-0.05, 0) is 49.1 Å². The second-order valence-electron chi connectivity index (χ2n) is 7.57. The molecular weight excluding hydrogens is 425 g/mol. The van der Waals surface area contributed by atoms with Crippen LogP contribution < -0.4 is 15.4 Å². The molecule has 0 aromatic heterocycles. The van der Waals surface area contributed by atoms with Crippen molar-refractivity contribution in [3.8, 4) is 5.75 Å². The molecule has 10 heteroatoms. The summed E-state index contributed by atoms with van der Waals surface area (Å²) in [5, 5.41) is 5.40. The van der Waals surface area contributed by atoms with Crippen molar-refractivity contribution >= 4 is 27.5 Å². The third-order valence-electron chi connectivity index (χ3n) is 5.38. The number of nitrogens with zero attached hydrogens (tertiary/aromatic N) is 1. The molecule has 1 saturated heterocycles. The Balaban J connectivity index is 1.54. The molecule has 8 nitrogen and oxygen atoms in total. The lowest BCUT2D eigenvalue weighted by Crippen LogP contribution is -2.45. The fourth-order valence-corrected chi connectivity index (χ4v) is 5.70. The molecule has 0 spiro atoms. The predicted octanol–water partition coefficient (Wildman–Crippen LogP) is 1.93. The molecule has 0 aliphatic carbocycles. The first-order valence-electron chi connectivity index (χ1n) is 9.87. The number of amides is 2. The quantitative estimate of drug-likeness (QED) is 0.729. The van der Waals surface area contributed by atoms with E-state index >= 15 is 0 Å². The van der Waals surface area contributed by atoms with Gasteiger partial charge in [0.1, 0.15) is 17.6 Å². The van der Waals surface area contributed by atoms with E-state index in [4.69, 9.17) is 4.74 Å². The highest BCUT2D eigenvalue weighted by atomic mass is 32.2. The second kappa shape index (κ2) is 8.27. The molecule has 0 bridgehead atoms. The molecule has 2 aliphatic heterocycles. The van der Waals surface area contributed by atoms with E-state index in [1.165, 1.54) is 22.5 Å². The first kappa shape index (κ1) is 21.3. The number of aryl methyl sites for hydroxylation is 1. The lowest BCUT2D eigenvalue weighted by molar-refractivity contribution is -0.124. The zero-order valence-electron chi connectivity index (χ0n) is 16.9. The van der Waals surface area contributed by atoms with Crippen LogP contribution in [0.25, 0.3) is 0 Å². The molecule has 2 aromatic rings. The SMILES string of the molecule is Cc1cc2c(cc1S(=O)(=O)N1CCC[C@H]1C(=O)NCc1ccc(F)cc1)OCC(=O)N2. The lowest BCUT2D eigenvalue weighted by Gasteiger charge is -2.26. The van der Waals surface area contributed by atoms with Crippen LogP contribution >= 0.6 is 0 Å². The zero-order chi connectivity index (χ0) is 22.2. The third kappa shape index (κ3) is 4.26. The van der Waals surface area contributed by atoms with Crippen LogP contribution in [0.3, 0.4) is 0 Å². The van der Waals surface area contributed by atoms with Gasteiger partial charge in [-0.1, -0.05) is 12.1 Å². The maximum atomic E-state index is 13.4. The molecule has 0 unspecified atom stereocenters. The van der Waals surface area contributed by atoms with E-state index in [0.29, 0.717) is 29.7 Å². The van der Waals surface area contributed by atoms with E-state index in [2.05, 4.69) is 10.6 Å². The number of ether oxygens (including phenoxy) is 1. The Morgan fingerprint density at radius 2 is 2.03 bits per heavy atom. The van der Waals surface area contributed by atoms with Gasteiger partial charge in [-0.15, -0.1) is 0 Å². The van der Waals surface area contributed by atoms with Gasteiger partial charge in [0, 0.05) is 19.2 Å². The summed E-state index contributed by atoms with van der Waals surface area (Å²) in [7, 11) is -3.97. The normalized spacial score (nSPS) is 18.8. The Labute approximate surface area is 179 Å². The Hall–Kier alpha value is -2.98. The Bertz CT molecular complexity index is 1130. The molecule has 2 aliphatic rings. The second-order valence-corrected chi connectivity index (χ2v) is 9.43. The van der Waals surface area contributed by atoms with Gasteiger partial charge in [0.25, 0.3) is 5.91 Å². The highest BCUT2D eigenvalue weighted by molar-refractivity contribution is 7.89. The Morgan fingerprint density at radius 1 is 1.29 bits per heavy atom. The van der Waals surface area contributed by atoms with Gasteiger partial charge in [0.2, 0.25) is 15.9 Å². The van der Waals surface area contributed by atoms with E-state index < -0.39 is 22.0 Å². The van der Waals surface area contributed by atoms with Crippen molar-refractivity contribution in [2.24, 2.45) is 0 Å². The highest BCUT2D eigenvalue weighted by Gasteiger charge is 2.40. The largest absolute Gasteiger partial charge is 0.482 e. The van der Waals surface area contributed by atoms with Crippen LogP contribution in [-0.4, -0.2) is 43.7 Å². The average Bonchev–Trinajstić information content (AvgIpc) is 3.23.